The molecule has 0 spiro atoms. The molecule has 0 saturated carbocycles. The fourth-order valence-corrected chi connectivity index (χ4v) is 2.11. The lowest BCUT2D eigenvalue weighted by Gasteiger charge is -2.13. The SMILES string of the molecule is Cc1ccccc1C(=O)NNC(=O)c1ccccc1OCC(C)C. The highest BCUT2D eigenvalue weighted by atomic mass is 16.5. The maximum absolute atomic E-state index is 12.3. The molecular weight excluding hydrogens is 304 g/mol. The summed E-state index contributed by atoms with van der Waals surface area (Å²) in [6, 6.07) is 14.1. The van der Waals surface area contributed by atoms with Crippen LogP contribution in [-0.4, -0.2) is 18.4 Å². The summed E-state index contributed by atoms with van der Waals surface area (Å²) in [6.07, 6.45) is 0. The summed E-state index contributed by atoms with van der Waals surface area (Å²) >= 11 is 0. The maximum Gasteiger partial charge on any atom is 0.273 e. The number of benzene rings is 2. The molecule has 0 aromatic heterocycles. The molecule has 5 nitrogen and oxygen atoms in total. The smallest absolute Gasteiger partial charge is 0.273 e. The largest absolute Gasteiger partial charge is 0.492 e. The van der Waals surface area contributed by atoms with Crippen LogP contribution in [0.4, 0.5) is 0 Å². The van der Waals surface area contributed by atoms with Crippen molar-refractivity contribution < 1.29 is 14.3 Å². The number of rotatable bonds is 5. The number of carbonyl (C=O) groups excluding carboxylic acids is 2. The molecule has 2 aromatic rings. The molecule has 2 amide bonds. The average molecular weight is 326 g/mol. The Morgan fingerprint density at radius 1 is 0.917 bits per heavy atom. The number of hydrogen-bond acceptors (Lipinski definition) is 3. The first-order valence-corrected chi connectivity index (χ1v) is 7.87. The van der Waals surface area contributed by atoms with Crippen molar-refractivity contribution in [3.05, 3.63) is 65.2 Å². The van der Waals surface area contributed by atoms with E-state index in [0.29, 0.717) is 29.4 Å². The van der Waals surface area contributed by atoms with E-state index in [0.717, 1.165) is 5.56 Å². The zero-order chi connectivity index (χ0) is 17.5. The van der Waals surface area contributed by atoms with E-state index in [1.165, 1.54) is 0 Å². The van der Waals surface area contributed by atoms with Gasteiger partial charge >= 0.3 is 0 Å². The summed E-state index contributed by atoms with van der Waals surface area (Å²) in [5.41, 5.74) is 6.60. The first-order chi connectivity index (χ1) is 11.5. The van der Waals surface area contributed by atoms with Gasteiger partial charge in [-0.15, -0.1) is 0 Å². The molecule has 2 aromatic carbocycles. The van der Waals surface area contributed by atoms with E-state index in [1.807, 2.05) is 32.9 Å². The summed E-state index contributed by atoms with van der Waals surface area (Å²) in [7, 11) is 0. The molecule has 0 atom stereocenters. The van der Waals surface area contributed by atoms with Gasteiger partial charge in [-0.2, -0.15) is 0 Å². The van der Waals surface area contributed by atoms with Gasteiger partial charge in [-0.05, 0) is 36.6 Å². The van der Waals surface area contributed by atoms with E-state index in [1.54, 1.807) is 36.4 Å². The highest BCUT2D eigenvalue weighted by molar-refractivity contribution is 6.00. The van der Waals surface area contributed by atoms with E-state index < -0.39 is 5.91 Å². The Morgan fingerprint density at radius 3 is 2.08 bits per heavy atom. The molecule has 0 bridgehead atoms. The van der Waals surface area contributed by atoms with Crippen LogP contribution in [0.2, 0.25) is 0 Å². The molecule has 0 saturated heterocycles. The van der Waals surface area contributed by atoms with Gasteiger partial charge in [0.2, 0.25) is 0 Å². The first kappa shape index (κ1) is 17.5. The molecule has 0 aliphatic heterocycles. The van der Waals surface area contributed by atoms with Gasteiger partial charge in [0.1, 0.15) is 5.75 Å². The van der Waals surface area contributed by atoms with Gasteiger partial charge in [-0.1, -0.05) is 44.2 Å². The summed E-state index contributed by atoms with van der Waals surface area (Å²) < 4.78 is 5.66. The standard InChI is InChI=1S/C19H22N2O3/c1-13(2)12-24-17-11-7-6-10-16(17)19(23)21-20-18(22)15-9-5-4-8-14(15)3/h4-11,13H,12H2,1-3H3,(H,20,22)(H,21,23). The number of amides is 2. The van der Waals surface area contributed by atoms with Gasteiger partial charge in [-0.3, -0.25) is 20.4 Å². The van der Waals surface area contributed by atoms with E-state index in [4.69, 9.17) is 4.74 Å². The molecule has 0 aliphatic rings. The van der Waals surface area contributed by atoms with Crippen LogP contribution in [0.25, 0.3) is 0 Å². The molecule has 5 heteroatoms. The molecule has 0 aliphatic carbocycles. The second kappa shape index (κ2) is 8.15. The Morgan fingerprint density at radius 2 is 1.46 bits per heavy atom. The van der Waals surface area contributed by atoms with Crippen LogP contribution < -0.4 is 15.6 Å². The van der Waals surface area contributed by atoms with Crippen LogP contribution in [-0.2, 0) is 0 Å². The highest BCUT2D eigenvalue weighted by Crippen LogP contribution is 2.18. The number of aryl methyl sites for hydroxylation is 1. The Balaban J connectivity index is 2.03. The lowest BCUT2D eigenvalue weighted by atomic mass is 10.1. The van der Waals surface area contributed by atoms with Crippen molar-refractivity contribution in [3.63, 3.8) is 0 Å². The highest BCUT2D eigenvalue weighted by Gasteiger charge is 2.14. The Bertz CT molecular complexity index is 726. The molecule has 24 heavy (non-hydrogen) atoms. The third-order valence-electron chi connectivity index (χ3n) is 3.38. The lowest BCUT2D eigenvalue weighted by molar-refractivity contribution is 0.0843. The van der Waals surface area contributed by atoms with Gasteiger partial charge in [0.25, 0.3) is 11.8 Å². The van der Waals surface area contributed by atoms with E-state index in [2.05, 4.69) is 10.9 Å². The lowest BCUT2D eigenvalue weighted by Crippen LogP contribution is -2.42. The summed E-state index contributed by atoms with van der Waals surface area (Å²) in [5.74, 6) is 0.0639. The van der Waals surface area contributed by atoms with Crippen LogP contribution in [0, 0.1) is 12.8 Å². The summed E-state index contributed by atoms with van der Waals surface area (Å²) in [5, 5.41) is 0. The number of para-hydroxylation sites is 1. The van der Waals surface area contributed by atoms with Gasteiger partial charge in [0, 0.05) is 5.56 Å². The average Bonchev–Trinajstić information content (AvgIpc) is 2.58. The minimum Gasteiger partial charge on any atom is -0.492 e. The fraction of sp³-hybridized carbons (Fsp3) is 0.263. The number of ether oxygens (including phenoxy) is 1. The van der Waals surface area contributed by atoms with Crippen LogP contribution in [0.5, 0.6) is 5.75 Å². The van der Waals surface area contributed by atoms with Gasteiger partial charge in [-0.25, -0.2) is 0 Å². The van der Waals surface area contributed by atoms with Crippen molar-refractivity contribution in [1.82, 2.24) is 10.9 Å². The second-order valence-corrected chi connectivity index (χ2v) is 5.92. The molecule has 0 heterocycles. The van der Waals surface area contributed by atoms with Gasteiger partial charge in [0.05, 0.1) is 12.2 Å². The number of nitrogens with one attached hydrogen (secondary N) is 2. The molecule has 0 unspecified atom stereocenters. The van der Waals surface area contributed by atoms with Crippen molar-refractivity contribution in [2.75, 3.05) is 6.61 Å². The maximum atomic E-state index is 12.3. The molecule has 2 N–H and O–H groups in total. The van der Waals surface area contributed by atoms with Crippen LogP contribution in [0.3, 0.4) is 0 Å². The zero-order valence-electron chi connectivity index (χ0n) is 14.1. The zero-order valence-corrected chi connectivity index (χ0v) is 14.1. The molecule has 2 rings (SSSR count). The fourth-order valence-electron chi connectivity index (χ4n) is 2.11. The summed E-state index contributed by atoms with van der Waals surface area (Å²) in [6.45, 7) is 6.42. The van der Waals surface area contributed by atoms with Crippen LogP contribution in [0.1, 0.15) is 40.1 Å². The van der Waals surface area contributed by atoms with Crippen molar-refractivity contribution in [2.45, 2.75) is 20.8 Å². The van der Waals surface area contributed by atoms with Crippen LogP contribution >= 0.6 is 0 Å². The van der Waals surface area contributed by atoms with Crippen molar-refractivity contribution in [3.8, 4) is 5.75 Å². The minimum atomic E-state index is -0.420. The van der Waals surface area contributed by atoms with E-state index >= 15 is 0 Å². The predicted octanol–water partition coefficient (Wildman–Crippen LogP) is 3.10. The summed E-state index contributed by atoms with van der Waals surface area (Å²) in [4.78, 5) is 24.5. The first-order valence-electron chi connectivity index (χ1n) is 7.87. The number of hydrazine groups is 1. The number of carbonyl (C=O) groups is 2. The van der Waals surface area contributed by atoms with Crippen molar-refractivity contribution in [1.29, 1.82) is 0 Å². The van der Waals surface area contributed by atoms with E-state index in [9.17, 15) is 9.59 Å². The van der Waals surface area contributed by atoms with E-state index in [-0.39, 0.29) is 5.91 Å². The topological polar surface area (TPSA) is 67.4 Å². The Hall–Kier alpha value is -2.82. The molecule has 0 fully saturated rings. The Labute approximate surface area is 142 Å². The predicted molar refractivity (Wildman–Crippen MR) is 92.9 cm³/mol. The minimum absolute atomic E-state index is 0.349. The molecule has 126 valence electrons. The van der Waals surface area contributed by atoms with Crippen molar-refractivity contribution in [2.24, 2.45) is 5.92 Å². The van der Waals surface area contributed by atoms with Gasteiger partial charge < -0.3 is 4.74 Å². The third-order valence-corrected chi connectivity index (χ3v) is 3.38. The van der Waals surface area contributed by atoms with Gasteiger partial charge in [0.15, 0.2) is 0 Å². The second-order valence-electron chi connectivity index (χ2n) is 5.92. The molecule has 0 radical (unpaired) electrons. The Kier molecular flexibility index (Phi) is 5.95. The monoisotopic (exact) mass is 326 g/mol. The van der Waals surface area contributed by atoms with Crippen molar-refractivity contribution >= 4 is 11.8 Å². The normalized spacial score (nSPS) is 10.3. The third kappa shape index (κ3) is 4.59. The quantitative estimate of drug-likeness (QED) is 0.830. The number of hydrogen-bond donors (Lipinski definition) is 2. The molecular formula is C19H22N2O3. The van der Waals surface area contributed by atoms with Crippen LogP contribution in [0.15, 0.2) is 48.5 Å².